The Morgan fingerprint density at radius 2 is 2.17 bits per heavy atom. The van der Waals surface area contributed by atoms with E-state index in [0.29, 0.717) is 17.8 Å². The number of esters is 1. The first-order chi connectivity index (χ1) is 11.0. The van der Waals surface area contributed by atoms with Crippen LogP contribution in [0.2, 0.25) is 0 Å². The van der Waals surface area contributed by atoms with Crippen molar-refractivity contribution in [1.82, 2.24) is 10.2 Å². The summed E-state index contributed by atoms with van der Waals surface area (Å²) in [7, 11) is 0. The molecule has 1 aliphatic heterocycles. The standard InChI is InChI=1S/C17H19BrN2O3/c1-4-10-20-11(3)14(16(21)23-5-2)15(19-17(20)22)12-8-6-7-9-13(12)18/h4,6-9,15H,1,5,10H2,2-3H3,(H,19,22)/t15-/m1/s1. The Hall–Kier alpha value is -2.08. The van der Waals surface area contributed by atoms with E-state index in [2.05, 4.69) is 27.8 Å². The first-order valence-electron chi connectivity index (χ1n) is 7.32. The van der Waals surface area contributed by atoms with Crippen LogP contribution in [-0.2, 0) is 9.53 Å². The smallest absolute Gasteiger partial charge is 0.338 e. The normalized spacial score (nSPS) is 17.8. The molecule has 122 valence electrons. The molecule has 0 aliphatic carbocycles. The van der Waals surface area contributed by atoms with Gasteiger partial charge >= 0.3 is 12.0 Å². The monoisotopic (exact) mass is 378 g/mol. The van der Waals surface area contributed by atoms with Crippen molar-refractivity contribution in [2.75, 3.05) is 13.2 Å². The molecule has 0 unspecified atom stereocenters. The van der Waals surface area contributed by atoms with Crippen LogP contribution in [-0.4, -0.2) is 30.1 Å². The van der Waals surface area contributed by atoms with E-state index in [9.17, 15) is 9.59 Å². The molecule has 1 heterocycles. The second-order valence-corrected chi connectivity index (χ2v) is 5.88. The van der Waals surface area contributed by atoms with Gasteiger partial charge in [-0.05, 0) is 25.5 Å². The molecule has 0 aromatic heterocycles. The number of halogens is 1. The van der Waals surface area contributed by atoms with E-state index in [1.54, 1.807) is 19.9 Å². The number of ether oxygens (including phenoxy) is 1. The van der Waals surface area contributed by atoms with Crippen LogP contribution in [0, 0.1) is 0 Å². The first kappa shape index (κ1) is 17.3. The van der Waals surface area contributed by atoms with Gasteiger partial charge in [0.1, 0.15) is 0 Å². The highest BCUT2D eigenvalue weighted by molar-refractivity contribution is 9.10. The summed E-state index contributed by atoms with van der Waals surface area (Å²) < 4.78 is 6.01. The fourth-order valence-electron chi connectivity index (χ4n) is 2.55. The molecule has 23 heavy (non-hydrogen) atoms. The largest absolute Gasteiger partial charge is 0.463 e. The van der Waals surface area contributed by atoms with Crippen molar-refractivity contribution >= 4 is 27.9 Å². The lowest BCUT2D eigenvalue weighted by Crippen LogP contribution is -2.48. The molecule has 1 atom stereocenters. The molecule has 1 aromatic rings. The lowest BCUT2D eigenvalue weighted by atomic mass is 9.95. The summed E-state index contributed by atoms with van der Waals surface area (Å²) in [4.78, 5) is 26.3. The summed E-state index contributed by atoms with van der Waals surface area (Å²) in [6, 6.07) is 6.65. The molecule has 2 amide bonds. The van der Waals surface area contributed by atoms with Crippen molar-refractivity contribution < 1.29 is 14.3 Å². The van der Waals surface area contributed by atoms with Crippen molar-refractivity contribution in [3.8, 4) is 0 Å². The fourth-order valence-corrected chi connectivity index (χ4v) is 3.06. The molecule has 0 spiro atoms. The number of amides is 2. The van der Waals surface area contributed by atoms with E-state index >= 15 is 0 Å². The fraction of sp³-hybridized carbons (Fsp3) is 0.294. The maximum atomic E-state index is 12.5. The van der Waals surface area contributed by atoms with E-state index in [1.807, 2.05) is 24.3 Å². The SMILES string of the molecule is C=CCN1C(=O)N[C@H](c2ccccc2Br)C(C(=O)OCC)=C1C. The van der Waals surface area contributed by atoms with Crippen molar-refractivity contribution in [1.29, 1.82) is 0 Å². The van der Waals surface area contributed by atoms with Gasteiger partial charge in [-0.3, -0.25) is 4.90 Å². The molecule has 0 saturated carbocycles. The van der Waals surface area contributed by atoms with Crippen LogP contribution in [0.3, 0.4) is 0 Å². The Labute approximate surface area is 144 Å². The van der Waals surface area contributed by atoms with E-state index in [1.165, 1.54) is 4.90 Å². The van der Waals surface area contributed by atoms with Crippen molar-refractivity contribution in [2.24, 2.45) is 0 Å². The van der Waals surface area contributed by atoms with Gasteiger partial charge in [0.2, 0.25) is 0 Å². The second-order valence-electron chi connectivity index (χ2n) is 5.02. The topological polar surface area (TPSA) is 58.6 Å². The summed E-state index contributed by atoms with van der Waals surface area (Å²) in [6.45, 7) is 7.75. The maximum Gasteiger partial charge on any atom is 0.338 e. The van der Waals surface area contributed by atoms with Crippen molar-refractivity contribution in [2.45, 2.75) is 19.9 Å². The summed E-state index contributed by atoms with van der Waals surface area (Å²) >= 11 is 3.48. The highest BCUT2D eigenvalue weighted by atomic mass is 79.9. The Morgan fingerprint density at radius 1 is 1.48 bits per heavy atom. The third-order valence-corrected chi connectivity index (χ3v) is 4.34. The van der Waals surface area contributed by atoms with Crippen LogP contribution in [0.1, 0.15) is 25.5 Å². The Balaban J connectivity index is 2.56. The van der Waals surface area contributed by atoms with Gasteiger partial charge in [0.15, 0.2) is 0 Å². The highest BCUT2D eigenvalue weighted by Gasteiger charge is 2.36. The molecule has 2 rings (SSSR count). The van der Waals surface area contributed by atoms with Gasteiger partial charge in [-0.2, -0.15) is 0 Å². The molecule has 0 saturated heterocycles. The number of nitrogens with zero attached hydrogens (tertiary/aromatic N) is 1. The van der Waals surface area contributed by atoms with E-state index in [0.717, 1.165) is 10.0 Å². The minimum Gasteiger partial charge on any atom is -0.463 e. The molecule has 1 N–H and O–H groups in total. The Morgan fingerprint density at radius 3 is 2.78 bits per heavy atom. The number of carbonyl (C=O) groups excluding carboxylic acids is 2. The molecule has 1 aliphatic rings. The average molecular weight is 379 g/mol. The summed E-state index contributed by atoms with van der Waals surface area (Å²) in [5.41, 5.74) is 1.81. The van der Waals surface area contributed by atoms with Gasteiger partial charge in [0.05, 0.1) is 18.2 Å². The number of benzene rings is 1. The van der Waals surface area contributed by atoms with Crippen LogP contribution < -0.4 is 5.32 Å². The molecular formula is C17H19BrN2O3. The predicted molar refractivity (Wildman–Crippen MR) is 91.7 cm³/mol. The van der Waals surface area contributed by atoms with Gasteiger partial charge in [-0.25, -0.2) is 9.59 Å². The average Bonchev–Trinajstić information content (AvgIpc) is 2.51. The van der Waals surface area contributed by atoms with Crippen molar-refractivity contribution in [3.63, 3.8) is 0 Å². The zero-order chi connectivity index (χ0) is 17.0. The molecule has 0 radical (unpaired) electrons. The molecular weight excluding hydrogens is 360 g/mol. The second kappa shape index (κ2) is 7.46. The summed E-state index contributed by atoms with van der Waals surface area (Å²) in [5.74, 6) is -0.431. The number of nitrogens with one attached hydrogen (secondary N) is 1. The highest BCUT2D eigenvalue weighted by Crippen LogP contribution is 2.34. The van der Waals surface area contributed by atoms with Crippen LogP contribution >= 0.6 is 15.9 Å². The molecule has 6 heteroatoms. The zero-order valence-electron chi connectivity index (χ0n) is 13.1. The van der Waals surface area contributed by atoms with Gasteiger partial charge in [0, 0.05) is 16.7 Å². The third kappa shape index (κ3) is 3.47. The first-order valence-corrected chi connectivity index (χ1v) is 8.11. The minimum absolute atomic E-state index is 0.267. The molecule has 0 fully saturated rings. The third-order valence-electron chi connectivity index (χ3n) is 3.62. The van der Waals surface area contributed by atoms with Crippen LogP contribution in [0.5, 0.6) is 0 Å². The summed E-state index contributed by atoms with van der Waals surface area (Å²) in [5, 5.41) is 2.88. The van der Waals surface area contributed by atoms with E-state index < -0.39 is 12.0 Å². The number of allylic oxidation sites excluding steroid dienone is 1. The molecule has 0 bridgehead atoms. The van der Waals surface area contributed by atoms with E-state index in [-0.39, 0.29) is 12.6 Å². The van der Waals surface area contributed by atoms with Gasteiger partial charge in [-0.1, -0.05) is 40.2 Å². The quantitative estimate of drug-likeness (QED) is 0.629. The lowest BCUT2D eigenvalue weighted by molar-refractivity contribution is -0.139. The van der Waals surface area contributed by atoms with E-state index in [4.69, 9.17) is 4.74 Å². The minimum atomic E-state index is -0.557. The van der Waals surface area contributed by atoms with Gasteiger partial charge < -0.3 is 10.1 Å². The number of hydrogen-bond donors (Lipinski definition) is 1. The Bertz CT molecular complexity index is 670. The number of urea groups is 1. The number of rotatable bonds is 5. The van der Waals surface area contributed by atoms with Gasteiger partial charge in [-0.15, -0.1) is 6.58 Å². The van der Waals surface area contributed by atoms with Gasteiger partial charge in [0.25, 0.3) is 0 Å². The lowest BCUT2D eigenvalue weighted by Gasteiger charge is -2.35. The zero-order valence-corrected chi connectivity index (χ0v) is 14.7. The molecule has 5 nitrogen and oxygen atoms in total. The number of carbonyl (C=O) groups is 2. The summed E-state index contributed by atoms with van der Waals surface area (Å²) in [6.07, 6.45) is 1.62. The number of hydrogen-bond acceptors (Lipinski definition) is 3. The van der Waals surface area contributed by atoms with Crippen LogP contribution in [0.25, 0.3) is 0 Å². The predicted octanol–water partition coefficient (Wildman–Crippen LogP) is 3.54. The maximum absolute atomic E-state index is 12.5. The van der Waals surface area contributed by atoms with Crippen LogP contribution in [0.4, 0.5) is 4.79 Å². The van der Waals surface area contributed by atoms with Crippen LogP contribution in [0.15, 0.2) is 52.7 Å². The Kier molecular flexibility index (Phi) is 5.60. The van der Waals surface area contributed by atoms with Crippen molar-refractivity contribution in [3.05, 3.63) is 58.2 Å². The molecule has 1 aromatic carbocycles.